The predicted octanol–water partition coefficient (Wildman–Crippen LogP) is 5.64. The molecule has 33 heavy (non-hydrogen) atoms. The highest BCUT2D eigenvalue weighted by molar-refractivity contribution is 5.67. The summed E-state index contributed by atoms with van der Waals surface area (Å²) < 4.78 is 12.2. The maximum Gasteiger partial charge on any atom is 0.303 e. The van der Waals surface area contributed by atoms with Gasteiger partial charge in [0.15, 0.2) is 0 Å². The van der Waals surface area contributed by atoms with Crippen LogP contribution in [-0.2, 0) is 17.8 Å². The molecule has 0 saturated carbocycles. The van der Waals surface area contributed by atoms with Crippen LogP contribution in [0.2, 0.25) is 0 Å². The first-order valence-electron chi connectivity index (χ1n) is 11.6. The van der Waals surface area contributed by atoms with Gasteiger partial charge in [-0.2, -0.15) is 0 Å². The van der Waals surface area contributed by atoms with E-state index in [-0.39, 0.29) is 12.5 Å². The highest BCUT2D eigenvalue weighted by atomic mass is 16.5. The van der Waals surface area contributed by atoms with Crippen LogP contribution in [0.5, 0.6) is 11.5 Å². The molecule has 5 heteroatoms. The minimum atomic E-state index is -0.779. The summed E-state index contributed by atoms with van der Waals surface area (Å²) in [5, 5.41) is 8.80. The number of carbonyl (C=O) groups is 1. The number of carboxylic acid groups (broad SMARTS) is 1. The molecule has 3 aromatic rings. The lowest BCUT2D eigenvalue weighted by Gasteiger charge is -2.34. The Morgan fingerprint density at radius 3 is 2.45 bits per heavy atom. The van der Waals surface area contributed by atoms with Gasteiger partial charge in [0.2, 0.25) is 0 Å². The fourth-order valence-corrected chi connectivity index (χ4v) is 4.11. The van der Waals surface area contributed by atoms with Crippen LogP contribution < -0.4 is 14.4 Å². The molecule has 1 heterocycles. The second kappa shape index (κ2) is 10.9. The van der Waals surface area contributed by atoms with Gasteiger partial charge in [0, 0.05) is 38.0 Å². The van der Waals surface area contributed by atoms with Gasteiger partial charge in [0.1, 0.15) is 24.2 Å². The van der Waals surface area contributed by atoms with Crippen LogP contribution in [0.1, 0.15) is 36.0 Å². The molecule has 5 nitrogen and oxygen atoms in total. The van der Waals surface area contributed by atoms with Crippen molar-refractivity contribution in [2.45, 2.75) is 45.3 Å². The minimum absolute atomic E-state index is 0.141. The van der Waals surface area contributed by atoms with Gasteiger partial charge in [-0.3, -0.25) is 4.79 Å². The van der Waals surface area contributed by atoms with Crippen molar-refractivity contribution < 1.29 is 19.4 Å². The smallest absolute Gasteiger partial charge is 0.303 e. The van der Waals surface area contributed by atoms with Gasteiger partial charge in [0.05, 0.1) is 0 Å². The van der Waals surface area contributed by atoms with Gasteiger partial charge in [-0.25, -0.2) is 0 Å². The molecule has 3 aromatic carbocycles. The second-order valence-electron chi connectivity index (χ2n) is 8.57. The molecule has 0 amide bonds. The lowest BCUT2D eigenvalue weighted by Crippen LogP contribution is -2.38. The number of hydrogen-bond donors (Lipinski definition) is 1. The molecule has 4 rings (SSSR count). The number of carboxylic acids is 1. The van der Waals surface area contributed by atoms with E-state index in [9.17, 15) is 4.79 Å². The summed E-state index contributed by atoms with van der Waals surface area (Å²) in [5.74, 6) is 0.997. The molecule has 0 unspecified atom stereocenters. The molecule has 1 saturated heterocycles. The molecule has 1 N–H and O–H groups in total. The normalized spacial score (nSPS) is 14.2. The predicted molar refractivity (Wildman–Crippen MR) is 130 cm³/mol. The van der Waals surface area contributed by atoms with Crippen molar-refractivity contribution in [3.63, 3.8) is 0 Å². The molecule has 1 aliphatic heterocycles. The third-order valence-corrected chi connectivity index (χ3v) is 6.06. The molecule has 0 radical (unpaired) electrons. The van der Waals surface area contributed by atoms with Crippen LogP contribution in [0, 0.1) is 6.92 Å². The number of aliphatic carboxylic acids is 1. The summed E-state index contributed by atoms with van der Waals surface area (Å²) in [4.78, 5) is 13.1. The van der Waals surface area contributed by atoms with E-state index in [1.807, 2.05) is 36.4 Å². The molecule has 0 atom stereocenters. The Morgan fingerprint density at radius 2 is 1.73 bits per heavy atom. The Balaban J connectivity index is 1.28. The zero-order valence-corrected chi connectivity index (χ0v) is 19.1. The zero-order chi connectivity index (χ0) is 23.0. The number of hydrogen-bond acceptors (Lipinski definition) is 4. The summed E-state index contributed by atoms with van der Waals surface area (Å²) >= 11 is 0. The quantitative estimate of drug-likeness (QED) is 0.462. The summed E-state index contributed by atoms with van der Waals surface area (Å²) in [6.07, 6.45) is 2.94. The molecular formula is C28H31NO4. The first-order chi connectivity index (χ1) is 16.1. The van der Waals surface area contributed by atoms with E-state index in [0.29, 0.717) is 13.0 Å². The molecule has 0 aliphatic carbocycles. The highest BCUT2D eigenvalue weighted by Gasteiger charge is 2.21. The van der Waals surface area contributed by atoms with E-state index >= 15 is 0 Å². The Morgan fingerprint density at radius 1 is 0.970 bits per heavy atom. The van der Waals surface area contributed by atoms with Crippen molar-refractivity contribution in [1.82, 2.24) is 0 Å². The van der Waals surface area contributed by atoms with Gasteiger partial charge in [-0.05, 0) is 60.4 Å². The molecule has 1 fully saturated rings. The van der Waals surface area contributed by atoms with Crippen LogP contribution >= 0.6 is 0 Å². The molecule has 0 bridgehead atoms. The average molecular weight is 446 g/mol. The van der Waals surface area contributed by atoms with Crippen molar-refractivity contribution in [2.24, 2.45) is 0 Å². The van der Waals surface area contributed by atoms with E-state index in [2.05, 4.69) is 48.2 Å². The van der Waals surface area contributed by atoms with Crippen molar-refractivity contribution >= 4 is 11.7 Å². The third kappa shape index (κ3) is 6.51. The summed E-state index contributed by atoms with van der Waals surface area (Å²) in [7, 11) is 0. The van der Waals surface area contributed by atoms with E-state index in [4.69, 9.17) is 14.6 Å². The molecule has 172 valence electrons. The van der Waals surface area contributed by atoms with Crippen LogP contribution in [0.15, 0.2) is 72.8 Å². The van der Waals surface area contributed by atoms with Gasteiger partial charge in [-0.1, -0.05) is 42.5 Å². The Hall–Kier alpha value is -3.47. The maximum absolute atomic E-state index is 10.7. The number of benzene rings is 3. The van der Waals surface area contributed by atoms with E-state index < -0.39 is 5.97 Å². The van der Waals surface area contributed by atoms with Crippen LogP contribution in [0.3, 0.4) is 0 Å². The number of para-hydroxylation sites is 1. The molecule has 0 aromatic heterocycles. The number of aryl methyl sites for hydroxylation is 2. The highest BCUT2D eigenvalue weighted by Crippen LogP contribution is 2.26. The van der Waals surface area contributed by atoms with Crippen molar-refractivity contribution in [2.75, 3.05) is 18.0 Å². The molecular weight excluding hydrogens is 414 g/mol. The number of anilines is 1. The Kier molecular flexibility index (Phi) is 7.51. The van der Waals surface area contributed by atoms with Gasteiger partial charge in [-0.15, -0.1) is 0 Å². The molecule has 0 spiro atoms. The van der Waals surface area contributed by atoms with Gasteiger partial charge < -0.3 is 19.5 Å². The zero-order valence-electron chi connectivity index (χ0n) is 19.1. The summed E-state index contributed by atoms with van der Waals surface area (Å²) in [5.41, 5.74) is 4.53. The SMILES string of the molecule is Cc1ccccc1OC1CCN(c2cccc(COc3ccc(CCC(=O)O)cc3)c2)CC1. The third-order valence-electron chi connectivity index (χ3n) is 6.06. The lowest BCUT2D eigenvalue weighted by molar-refractivity contribution is -0.136. The van der Waals surface area contributed by atoms with Crippen LogP contribution in [-0.4, -0.2) is 30.3 Å². The minimum Gasteiger partial charge on any atom is -0.490 e. The topological polar surface area (TPSA) is 59.0 Å². The number of piperidine rings is 1. The fraction of sp³-hybridized carbons (Fsp3) is 0.321. The van der Waals surface area contributed by atoms with E-state index in [1.165, 1.54) is 11.3 Å². The first-order valence-corrected chi connectivity index (χ1v) is 11.6. The Bertz CT molecular complexity index is 1060. The number of nitrogens with zero attached hydrogens (tertiary/aromatic N) is 1. The van der Waals surface area contributed by atoms with Gasteiger partial charge in [0.25, 0.3) is 0 Å². The largest absolute Gasteiger partial charge is 0.490 e. The van der Waals surface area contributed by atoms with Crippen molar-refractivity contribution in [3.8, 4) is 11.5 Å². The van der Waals surface area contributed by atoms with E-state index in [1.54, 1.807) is 0 Å². The fourth-order valence-electron chi connectivity index (χ4n) is 4.11. The number of ether oxygens (including phenoxy) is 2. The van der Waals surface area contributed by atoms with Crippen molar-refractivity contribution in [3.05, 3.63) is 89.5 Å². The van der Waals surface area contributed by atoms with Crippen LogP contribution in [0.4, 0.5) is 5.69 Å². The van der Waals surface area contributed by atoms with E-state index in [0.717, 1.165) is 48.6 Å². The summed E-state index contributed by atoms with van der Waals surface area (Å²) in [6, 6.07) is 24.4. The van der Waals surface area contributed by atoms with Crippen LogP contribution in [0.25, 0.3) is 0 Å². The maximum atomic E-state index is 10.7. The Labute approximate surface area is 195 Å². The number of rotatable bonds is 9. The molecule has 1 aliphatic rings. The monoisotopic (exact) mass is 445 g/mol. The average Bonchev–Trinajstić information content (AvgIpc) is 2.84. The second-order valence-corrected chi connectivity index (χ2v) is 8.57. The van der Waals surface area contributed by atoms with Gasteiger partial charge >= 0.3 is 5.97 Å². The first kappa shape index (κ1) is 22.7. The van der Waals surface area contributed by atoms with Crippen molar-refractivity contribution in [1.29, 1.82) is 0 Å². The standard InChI is InChI=1S/C28H31NO4/c1-21-5-2-3-8-27(21)33-26-15-17-29(18-16-26)24-7-4-6-23(19-24)20-32-25-12-9-22(10-13-25)11-14-28(30)31/h2-10,12-13,19,26H,11,14-18,20H2,1H3,(H,30,31). The summed E-state index contributed by atoms with van der Waals surface area (Å²) in [6.45, 7) is 4.53. The lowest BCUT2D eigenvalue weighted by atomic mass is 10.1.